The van der Waals surface area contributed by atoms with Crippen molar-refractivity contribution in [1.82, 2.24) is 10.3 Å². The zero-order valence-corrected chi connectivity index (χ0v) is 16.2. The first-order valence-corrected chi connectivity index (χ1v) is 10.3. The Morgan fingerprint density at radius 1 is 1.50 bits per heavy atom. The number of nitrogens with one attached hydrogen (secondary N) is 1. The molecule has 1 aromatic carbocycles. The van der Waals surface area contributed by atoms with Crippen molar-refractivity contribution in [2.45, 2.75) is 31.7 Å². The second-order valence-corrected chi connectivity index (χ2v) is 8.07. The second kappa shape index (κ2) is 9.50. The van der Waals surface area contributed by atoms with E-state index in [0.717, 1.165) is 32.5 Å². The Morgan fingerprint density at radius 2 is 2.29 bits per heavy atom. The van der Waals surface area contributed by atoms with E-state index in [-0.39, 0.29) is 0 Å². The van der Waals surface area contributed by atoms with Crippen LogP contribution in [0, 0.1) is 0 Å². The molecule has 0 aliphatic carbocycles. The van der Waals surface area contributed by atoms with E-state index in [1.807, 2.05) is 36.9 Å². The summed E-state index contributed by atoms with van der Waals surface area (Å²) in [5, 5.41) is 12.5. The number of aromatic nitrogens is 1. The van der Waals surface area contributed by atoms with Gasteiger partial charge in [-0.05, 0) is 30.4 Å². The molecule has 0 saturated carbocycles. The second-order valence-electron chi connectivity index (χ2n) is 5.10. The third-order valence-electron chi connectivity index (χ3n) is 3.38. The van der Waals surface area contributed by atoms with Crippen molar-refractivity contribution >= 4 is 51.9 Å². The van der Waals surface area contributed by atoms with E-state index in [9.17, 15) is 4.79 Å². The molecule has 132 valence electrons. The first-order valence-electron chi connectivity index (χ1n) is 7.83. The summed E-state index contributed by atoms with van der Waals surface area (Å²) in [7, 11) is 0. The van der Waals surface area contributed by atoms with E-state index in [4.69, 9.17) is 9.84 Å². The van der Waals surface area contributed by atoms with Gasteiger partial charge in [0, 0.05) is 5.75 Å². The maximum Gasteiger partial charge on any atom is 0.320 e. The number of nitrogens with zero attached hydrogens (tertiary/aromatic N) is 1. The minimum atomic E-state index is -0.877. The van der Waals surface area contributed by atoms with Crippen molar-refractivity contribution in [2.75, 3.05) is 18.1 Å². The average Bonchev–Trinajstić information content (AvgIpc) is 2.99. The number of hydrogen-bond donors (Lipinski definition) is 3. The Balaban J connectivity index is 2.05. The fourth-order valence-corrected chi connectivity index (χ4v) is 3.95. The molecule has 24 heavy (non-hydrogen) atoms. The lowest BCUT2D eigenvalue weighted by molar-refractivity contribution is -0.139. The molecule has 1 heterocycles. The molecule has 0 spiro atoms. The number of carboxylic acid groups (broad SMARTS) is 1. The predicted molar refractivity (Wildman–Crippen MR) is 105 cm³/mol. The van der Waals surface area contributed by atoms with Crippen LogP contribution in [0.3, 0.4) is 0 Å². The highest BCUT2D eigenvalue weighted by Crippen LogP contribution is 2.31. The number of benzene rings is 1. The summed E-state index contributed by atoms with van der Waals surface area (Å²) in [6.07, 6.45) is 0.491. The Kier molecular flexibility index (Phi) is 7.67. The van der Waals surface area contributed by atoms with Crippen molar-refractivity contribution in [2.24, 2.45) is 0 Å². The maximum absolute atomic E-state index is 11.1. The summed E-state index contributed by atoms with van der Waals surface area (Å²) in [5.74, 6) is 2.01. The van der Waals surface area contributed by atoms with Gasteiger partial charge in [0.1, 0.15) is 22.2 Å². The molecule has 2 aromatic rings. The third-order valence-corrected chi connectivity index (χ3v) is 5.89. The number of thioether (sulfide) groups is 1. The van der Waals surface area contributed by atoms with E-state index in [2.05, 4.69) is 29.9 Å². The van der Waals surface area contributed by atoms with Gasteiger partial charge < -0.3 is 9.84 Å². The number of thiazole rings is 1. The lowest BCUT2D eigenvalue weighted by Crippen LogP contribution is -2.36. The highest BCUT2D eigenvalue weighted by Gasteiger charge is 2.21. The van der Waals surface area contributed by atoms with E-state index >= 15 is 0 Å². The highest BCUT2D eigenvalue weighted by molar-refractivity contribution is 7.99. The molecule has 8 heteroatoms. The van der Waals surface area contributed by atoms with Crippen LogP contribution in [0.5, 0.6) is 5.75 Å². The summed E-state index contributed by atoms with van der Waals surface area (Å²) in [6.45, 7) is 4.64. The smallest absolute Gasteiger partial charge is 0.320 e. The topological polar surface area (TPSA) is 71.5 Å². The van der Waals surface area contributed by atoms with Crippen LogP contribution in [0.4, 0.5) is 0 Å². The van der Waals surface area contributed by atoms with Gasteiger partial charge in [0.15, 0.2) is 0 Å². The molecule has 0 saturated heterocycles. The van der Waals surface area contributed by atoms with Crippen molar-refractivity contribution in [3.05, 3.63) is 23.2 Å². The Bertz CT molecular complexity index is 678. The normalized spacial score (nSPS) is 13.8. The van der Waals surface area contributed by atoms with Crippen molar-refractivity contribution < 1.29 is 14.6 Å². The van der Waals surface area contributed by atoms with Gasteiger partial charge in [-0.25, -0.2) is 4.98 Å². The Morgan fingerprint density at radius 3 is 2.96 bits per heavy atom. The van der Waals surface area contributed by atoms with Crippen molar-refractivity contribution in [1.29, 1.82) is 0 Å². The molecule has 2 rings (SSSR count). The van der Waals surface area contributed by atoms with Crippen LogP contribution >= 0.6 is 35.7 Å². The van der Waals surface area contributed by atoms with Gasteiger partial charge >= 0.3 is 5.97 Å². The standard InChI is InChI=1S/C16H22N2O3S3/c1-3-11(16(19)20)17-14(22)15-18-12-6-5-10(9-13(12)24-15)21-7-8-23-4-2/h5-6,9,11,14,17,22H,3-4,7-8H2,1-2H3,(H,19,20)/t11-,14?/m1/s1. The minimum absolute atomic E-state index is 0.409. The van der Waals surface area contributed by atoms with Gasteiger partial charge in [-0.1, -0.05) is 13.8 Å². The monoisotopic (exact) mass is 386 g/mol. The Hall–Kier alpha value is -0.960. The summed E-state index contributed by atoms with van der Waals surface area (Å²) in [5.41, 5.74) is 0.870. The van der Waals surface area contributed by atoms with Crippen LogP contribution < -0.4 is 10.1 Å². The molecule has 0 aliphatic heterocycles. The van der Waals surface area contributed by atoms with Crippen molar-refractivity contribution in [3.8, 4) is 5.75 Å². The molecule has 0 fully saturated rings. The zero-order valence-electron chi connectivity index (χ0n) is 13.7. The lowest BCUT2D eigenvalue weighted by atomic mass is 10.2. The molecule has 5 nitrogen and oxygen atoms in total. The van der Waals surface area contributed by atoms with Crippen LogP contribution in [0.15, 0.2) is 18.2 Å². The van der Waals surface area contributed by atoms with E-state index < -0.39 is 17.4 Å². The SMILES string of the molecule is CCSCCOc1ccc2nc(C(S)N[C@H](CC)C(=O)O)sc2c1. The predicted octanol–water partition coefficient (Wildman–Crippen LogP) is 3.81. The van der Waals surface area contributed by atoms with Crippen LogP contribution in [0.1, 0.15) is 30.6 Å². The fourth-order valence-electron chi connectivity index (χ4n) is 2.12. The number of carbonyl (C=O) groups is 1. The molecule has 1 aromatic heterocycles. The average molecular weight is 387 g/mol. The number of fused-ring (bicyclic) bond motifs is 1. The lowest BCUT2D eigenvalue weighted by Gasteiger charge is -2.16. The molecule has 1 unspecified atom stereocenters. The summed E-state index contributed by atoms with van der Waals surface area (Å²) in [6, 6.07) is 5.18. The van der Waals surface area contributed by atoms with Gasteiger partial charge in [0.05, 0.1) is 16.8 Å². The molecule has 2 N–H and O–H groups in total. The highest BCUT2D eigenvalue weighted by atomic mass is 32.2. The Labute approximate surface area is 155 Å². The number of ether oxygens (including phenoxy) is 1. The van der Waals surface area contributed by atoms with Crippen molar-refractivity contribution in [3.63, 3.8) is 0 Å². The number of thiol groups is 1. The molecule has 0 radical (unpaired) electrons. The van der Waals surface area contributed by atoms with Gasteiger partial charge in [0.2, 0.25) is 0 Å². The molecule has 0 aliphatic rings. The molecular formula is C16H22N2O3S3. The summed E-state index contributed by atoms with van der Waals surface area (Å²) >= 11 is 7.81. The molecule has 0 amide bonds. The summed E-state index contributed by atoms with van der Waals surface area (Å²) < 4.78 is 6.75. The number of rotatable bonds is 10. The van der Waals surface area contributed by atoms with Gasteiger partial charge in [-0.15, -0.1) is 11.3 Å². The van der Waals surface area contributed by atoms with E-state index in [1.54, 1.807) is 0 Å². The number of hydrogen-bond acceptors (Lipinski definition) is 7. The van der Waals surface area contributed by atoms with Crippen LogP contribution in [-0.2, 0) is 4.79 Å². The zero-order chi connectivity index (χ0) is 17.5. The maximum atomic E-state index is 11.1. The first kappa shape index (κ1) is 19.4. The molecular weight excluding hydrogens is 364 g/mol. The summed E-state index contributed by atoms with van der Waals surface area (Å²) in [4.78, 5) is 15.7. The largest absolute Gasteiger partial charge is 0.493 e. The molecule has 2 atom stereocenters. The van der Waals surface area contributed by atoms with E-state index in [1.165, 1.54) is 11.3 Å². The number of aliphatic carboxylic acids is 1. The quantitative estimate of drug-likeness (QED) is 0.328. The number of carboxylic acids is 1. The van der Waals surface area contributed by atoms with Crippen LogP contribution in [0.25, 0.3) is 10.2 Å². The van der Waals surface area contributed by atoms with Gasteiger partial charge in [0.25, 0.3) is 0 Å². The molecule has 0 bridgehead atoms. The minimum Gasteiger partial charge on any atom is -0.493 e. The van der Waals surface area contributed by atoms with Gasteiger partial charge in [-0.3, -0.25) is 10.1 Å². The van der Waals surface area contributed by atoms with Crippen LogP contribution in [0.2, 0.25) is 0 Å². The van der Waals surface area contributed by atoms with Crippen LogP contribution in [-0.4, -0.2) is 40.2 Å². The fraction of sp³-hybridized carbons (Fsp3) is 0.500. The third kappa shape index (κ3) is 5.27. The van der Waals surface area contributed by atoms with Gasteiger partial charge in [-0.2, -0.15) is 24.4 Å². The van der Waals surface area contributed by atoms with E-state index in [0.29, 0.717) is 13.0 Å². The first-order chi connectivity index (χ1) is 11.5.